The van der Waals surface area contributed by atoms with Crippen molar-refractivity contribution in [3.8, 4) is 5.75 Å². The molecular formula is C7H9IN2O. The molecule has 2 N–H and O–H groups in total. The van der Waals surface area contributed by atoms with E-state index in [2.05, 4.69) is 27.6 Å². The Labute approximate surface area is 79.1 Å². The Morgan fingerprint density at radius 3 is 3.00 bits per heavy atom. The first kappa shape index (κ1) is 8.58. The molecule has 0 unspecified atom stereocenters. The molecule has 0 fully saturated rings. The molecule has 0 spiro atoms. The zero-order chi connectivity index (χ0) is 8.27. The van der Waals surface area contributed by atoms with Gasteiger partial charge < -0.3 is 10.5 Å². The maximum atomic E-state index is 5.45. The van der Waals surface area contributed by atoms with Crippen LogP contribution in [-0.2, 0) is 0 Å². The lowest BCUT2D eigenvalue weighted by Gasteiger charge is -2.04. The first-order valence-electron chi connectivity index (χ1n) is 3.28. The van der Waals surface area contributed by atoms with E-state index in [1.165, 1.54) is 0 Å². The quantitative estimate of drug-likeness (QED) is 0.826. The van der Waals surface area contributed by atoms with Crippen LogP contribution in [0.3, 0.4) is 0 Å². The number of aromatic nitrogens is 1. The van der Waals surface area contributed by atoms with Gasteiger partial charge in [0, 0.05) is 0 Å². The lowest BCUT2D eigenvalue weighted by atomic mass is 10.4. The van der Waals surface area contributed by atoms with E-state index in [1.54, 1.807) is 12.3 Å². The van der Waals surface area contributed by atoms with E-state index in [-0.39, 0.29) is 0 Å². The van der Waals surface area contributed by atoms with Gasteiger partial charge in [-0.2, -0.15) is 0 Å². The fraction of sp³-hybridized carbons (Fsp3) is 0.286. The van der Waals surface area contributed by atoms with Crippen molar-refractivity contribution >= 4 is 28.4 Å². The van der Waals surface area contributed by atoms with Gasteiger partial charge in [-0.1, -0.05) is 0 Å². The van der Waals surface area contributed by atoms with Crippen molar-refractivity contribution < 1.29 is 4.74 Å². The van der Waals surface area contributed by atoms with Crippen molar-refractivity contribution in [3.05, 3.63) is 15.8 Å². The number of hydrogen-bond donors (Lipinski definition) is 1. The maximum Gasteiger partial charge on any atom is 0.151 e. The van der Waals surface area contributed by atoms with Gasteiger partial charge in [0.1, 0.15) is 5.82 Å². The number of hydrogen-bond acceptors (Lipinski definition) is 3. The second-order valence-electron chi connectivity index (χ2n) is 1.97. The molecular weight excluding hydrogens is 255 g/mol. The Morgan fingerprint density at radius 1 is 1.73 bits per heavy atom. The van der Waals surface area contributed by atoms with Crippen LogP contribution in [0.5, 0.6) is 5.75 Å². The summed E-state index contributed by atoms with van der Waals surface area (Å²) in [4.78, 5) is 3.91. The fourth-order valence-electron chi connectivity index (χ4n) is 0.695. The lowest BCUT2D eigenvalue weighted by molar-refractivity contribution is 0.336. The van der Waals surface area contributed by atoms with Crippen molar-refractivity contribution in [2.75, 3.05) is 12.3 Å². The van der Waals surface area contributed by atoms with Crippen molar-refractivity contribution in [3.63, 3.8) is 0 Å². The molecule has 0 saturated carbocycles. The minimum absolute atomic E-state index is 0.526. The molecule has 0 aliphatic heterocycles. The summed E-state index contributed by atoms with van der Waals surface area (Å²) in [6.07, 6.45) is 1.64. The van der Waals surface area contributed by atoms with Gasteiger partial charge in [-0.3, -0.25) is 0 Å². The summed E-state index contributed by atoms with van der Waals surface area (Å²) >= 11 is 2.16. The predicted octanol–water partition coefficient (Wildman–Crippen LogP) is 1.67. The van der Waals surface area contributed by atoms with Gasteiger partial charge in [0.15, 0.2) is 5.75 Å². The molecule has 1 aromatic heterocycles. The molecule has 1 aromatic rings. The highest BCUT2D eigenvalue weighted by molar-refractivity contribution is 14.1. The Balaban J connectivity index is 2.90. The van der Waals surface area contributed by atoms with Gasteiger partial charge in [-0.25, -0.2) is 4.98 Å². The average molecular weight is 264 g/mol. The fourth-order valence-corrected chi connectivity index (χ4v) is 1.31. The van der Waals surface area contributed by atoms with E-state index in [0.29, 0.717) is 12.4 Å². The normalized spacial score (nSPS) is 9.64. The van der Waals surface area contributed by atoms with Crippen LogP contribution in [0.15, 0.2) is 12.3 Å². The number of halogens is 1. The van der Waals surface area contributed by atoms with Crippen molar-refractivity contribution in [2.45, 2.75) is 6.92 Å². The van der Waals surface area contributed by atoms with Crippen molar-refractivity contribution in [1.29, 1.82) is 0 Å². The van der Waals surface area contributed by atoms with E-state index in [0.717, 1.165) is 9.32 Å². The minimum Gasteiger partial charge on any atom is -0.491 e. The zero-order valence-corrected chi connectivity index (χ0v) is 8.33. The molecule has 1 heterocycles. The van der Waals surface area contributed by atoms with Crippen LogP contribution in [0.2, 0.25) is 0 Å². The van der Waals surface area contributed by atoms with Crippen LogP contribution >= 0.6 is 22.6 Å². The van der Waals surface area contributed by atoms with E-state index in [9.17, 15) is 0 Å². The monoisotopic (exact) mass is 264 g/mol. The van der Waals surface area contributed by atoms with Gasteiger partial charge in [0.2, 0.25) is 0 Å². The zero-order valence-electron chi connectivity index (χ0n) is 6.17. The third-order valence-electron chi connectivity index (χ3n) is 1.14. The summed E-state index contributed by atoms with van der Waals surface area (Å²) in [7, 11) is 0. The molecule has 11 heavy (non-hydrogen) atoms. The lowest BCUT2D eigenvalue weighted by Crippen LogP contribution is -1.97. The third-order valence-corrected chi connectivity index (χ3v) is 1.98. The number of rotatable bonds is 2. The number of anilines is 1. The molecule has 0 saturated heterocycles. The largest absolute Gasteiger partial charge is 0.491 e. The van der Waals surface area contributed by atoms with Crippen LogP contribution in [0.25, 0.3) is 0 Å². The molecule has 1 rings (SSSR count). The van der Waals surface area contributed by atoms with E-state index in [1.807, 2.05) is 6.92 Å². The first-order valence-corrected chi connectivity index (χ1v) is 4.35. The molecule has 0 radical (unpaired) electrons. The summed E-state index contributed by atoms with van der Waals surface area (Å²) in [6, 6.07) is 1.78. The Morgan fingerprint density at radius 2 is 2.45 bits per heavy atom. The van der Waals surface area contributed by atoms with E-state index in [4.69, 9.17) is 10.5 Å². The molecule has 0 atom stereocenters. The molecule has 60 valence electrons. The van der Waals surface area contributed by atoms with Gasteiger partial charge in [0.05, 0.1) is 16.4 Å². The maximum absolute atomic E-state index is 5.45. The average Bonchev–Trinajstić information content (AvgIpc) is 1.95. The van der Waals surface area contributed by atoms with Crippen LogP contribution in [-0.4, -0.2) is 11.6 Å². The topological polar surface area (TPSA) is 48.1 Å². The molecule has 0 bridgehead atoms. The van der Waals surface area contributed by atoms with Crippen molar-refractivity contribution in [2.24, 2.45) is 0 Å². The highest BCUT2D eigenvalue weighted by Crippen LogP contribution is 2.20. The van der Waals surface area contributed by atoms with Crippen LogP contribution in [0, 0.1) is 3.57 Å². The van der Waals surface area contributed by atoms with Crippen LogP contribution in [0.4, 0.5) is 5.82 Å². The number of pyridine rings is 1. The third kappa shape index (κ3) is 2.21. The highest BCUT2D eigenvalue weighted by atomic mass is 127. The van der Waals surface area contributed by atoms with Crippen LogP contribution in [0.1, 0.15) is 6.92 Å². The molecule has 0 aliphatic rings. The van der Waals surface area contributed by atoms with Gasteiger partial charge >= 0.3 is 0 Å². The van der Waals surface area contributed by atoms with Gasteiger partial charge in [-0.05, 0) is 35.6 Å². The molecule has 0 aliphatic carbocycles. The van der Waals surface area contributed by atoms with Gasteiger partial charge in [0.25, 0.3) is 0 Å². The summed E-state index contributed by atoms with van der Waals surface area (Å²) in [5, 5.41) is 0. The number of nitrogen functional groups attached to an aromatic ring is 1. The van der Waals surface area contributed by atoms with Gasteiger partial charge in [-0.15, -0.1) is 0 Å². The molecule has 3 nitrogen and oxygen atoms in total. The number of nitrogens with two attached hydrogens (primary N) is 1. The smallest absolute Gasteiger partial charge is 0.151 e. The minimum atomic E-state index is 0.526. The standard InChI is InChI=1S/C7H9IN2O/c1-2-11-6-4-10-7(9)3-5(6)8/h3-4H,2H2,1H3,(H2,9,10). The Hall–Kier alpha value is -0.520. The molecule has 4 heteroatoms. The summed E-state index contributed by atoms with van der Waals surface area (Å²) < 4.78 is 6.26. The SMILES string of the molecule is CCOc1cnc(N)cc1I. The van der Waals surface area contributed by atoms with Crippen molar-refractivity contribution in [1.82, 2.24) is 4.98 Å². The molecule has 0 aromatic carbocycles. The first-order chi connectivity index (χ1) is 5.24. The summed E-state index contributed by atoms with van der Waals surface area (Å²) in [5.74, 6) is 1.32. The second-order valence-corrected chi connectivity index (χ2v) is 3.13. The highest BCUT2D eigenvalue weighted by Gasteiger charge is 1.99. The summed E-state index contributed by atoms with van der Waals surface area (Å²) in [6.45, 7) is 2.59. The predicted molar refractivity (Wildman–Crippen MR) is 52.5 cm³/mol. The number of ether oxygens (including phenoxy) is 1. The van der Waals surface area contributed by atoms with E-state index < -0.39 is 0 Å². The Kier molecular flexibility index (Phi) is 2.92. The number of nitrogens with zero attached hydrogens (tertiary/aromatic N) is 1. The van der Waals surface area contributed by atoms with Crippen LogP contribution < -0.4 is 10.5 Å². The molecule has 0 amide bonds. The summed E-state index contributed by atoms with van der Waals surface area (Å²) in [5.41, 5.74) is 5.45. The second kappa shape index (κ2) is 3.75. The van der Waals surface area contributed by atoms with E-state index >= 15 is 0 Å². The Bertz CT molecular complexity index is 252.